The lowest BCUT2D eigenvalue weighted by atomic mass is 10.1. The van der Waals surface area contributed by atoms with Crippen molar-refractivity contribution in [1.29, 1.82) is 0 Å². The van der Waals surface area contributed by atoms with Crippen molar-refractivity contribution in [3.63, 3.8) is 0 Å². The Hall–Kier alpha value is -1.06. The molecule has 94 valence electrons. The third-order valence-corrected chi connectivity index (χ3v) is 3.05. The van der Waals surface area contributed by atoms with Gasteiger partial charge in [0.2, 0.25) is 5.91 Å². The zero-order valence-corrected chi connectivity index (χ0v) is 11.1. The number of carbonyl (C=O) groups excluding carboxylic acids is 1. The predicted molar refractivity (Wildman–Crippen MR) is 72.3 cm³/mol. The van der Waals surface area contributed by atoms with Crippen LogP contribution >= 0.6 is 11.6 Å². The van der Waals surface area contributed by atoms with Gasteiger partial charge in [0.1, 0.15) is 0 Å². The van der Waals surface area contributed by atoms with E-state index >= 15 is 0 Å². The Kier molecular flexibility index (Phi) is 5.45. The molecule has 0 aliphatic heterocycles. The third-order valence-electron chi connectivity index (χ3n) is 2.64. The van der Waals surface area contributed by atoms with Crippen molar-refractivity contribution in [1.82, 2.24) is 0 Å². The SMILES string of the molecule is CCCC[C@H](N)C(=O)Nc1ccc(C)c(Cl)c1. The summed E-state index contributed by atoms with van der Waals surface area (Å²) in [5.74, 6) is -0.154. The van der Waals surface area contributed by atoms with Crippen LogP contribution in [0.2, 0.25) is 5.02 Å². The van der Waals surface area contributed by atoms with Crippen molar-refractivity contribution in [2.75, 3.05) is 5.32 Å². The molecule has 0 aliphatic rings. The number of unbranched alkanes of at least 4 members (excludes halogenated alkanes) is 1. The topological polar surface area (TPSA) is 55.1 Å². The predicted octanol–water partition coefficient (Wildman–Crippen LogP) is 3.10. The van der Waals surface area contributed by atoms with E-state index in [9.17, 15) is 4.79 Å². The number of hydrogen-bond donors (Lipinski definition) is 2. The van der Waals surface area contributed by atoms with Crippen LogP contribution in [-0.4, -0.2) is 11.9 Å². The monoisotopic (exact) mass is 254 g/mol. The number of halogens is 1. The average molecular weight is 255 g/mol. The molecule has 0 aliphatic carbocycles. The number of hydrogen-bond acceptors (Lipinski definition) is 2. The van der Waals surface area contributed by atoms with Crippen LogP contribution in [0.25, 0.3) is 0 Å². The minimum absolute atomic E-state index is 0.154. The summed E-state index contributed by atoms with van der Waals surface area (Å²) in [6, 6.07) is 4.98. The lowest BCUT2D eigenvalue weighted by Gasteiger charge is -2.12. The molecule has 0 saturated carbocycles. The maximum Gasteiger partial charge on any atom is 0.241 e. The van der Waals surface area contributed by atoms with E-state index < -0.39 is 6.04 Å². The molecule has 0 fully saturated rings. The van der Waals surface area contributed by atoms with Gasteiger partial charge < -0.3 is 11.1 Å². The summed E-state index contributed by atoms with van der Waals surface area (Å²) < 4.78 is 0. The van der Waals surface area contributed by atoms with Gasteiger partial charge in [0.05, 0.1) is 6.04 Å². The van der Waals surface area contributed by atoms with Crippen molar-refractivity contribution in [3.05, 3.63) is 28.8 Å². The second-order valence-corrected chi connectivity index (χ2v) is 4.61. The van der Waals surface area contributed by atoms with E-state index in [1.807, 2.05) is 19.1 Å². The van der Waals surface area contributed by atoms with Crippen molar-refractivity contribution in [2.24, 2.45) is 5.73 Å². The number of benzene rings is 1. The van der Waals surface area contributed by atoms with Crippen molar-refractivity contribution in [3.8, 4) is 0 Å². The number of nitrogens with one attached hydrogen (secondary N) is 1. The highest BCUT2D eigenvalue weighted by Gasteiger charge is 2.12. The van der Waals surface area contributed by atoms with E-state index in [1.165, 1.54) is 0 Å². The van der Waals surface area contributed by atoms with Gasteiger partial charge in [-0.15, -0.1) is 0 Å². The lowest BCUT2D eigenvalue weighted by molar-refractivity contribution is -0.117. The molecule has 0 saturated heterocycles. The Morgan fingerprint density at radius 2 is 2.24 bits per heavy atom. The Morgan fingerprint density at radius 3 is 2.82 bits per heavy atom. The first-order chi connectivity index (χ1) is 8.04. The first-order valence-corrected chi connectivity index (χ1v) is 6.25. The van der Waals surface area contributed by atoms with E-state index in [-0.39, 0.29) is 5.91 Å². The molecule has 3 N–H and O–H groups in total. The minimum atomic E-state index is -0.449. The molecule has 1 aromatic rings. The smallest absolute Gasteiger partial charge is 0.241 e. The van der Waals surface area contributed by atoms with Crippen LogP contribution < -0.4 is 11.1 Å². The first kappa shape index (κ1) is 14.0. The number of aryl methyl sites for hydroxylation is 1. The molecule has 0 spiro atoms. The molecule has 1 aromatic carbocycles. The molecule has 0 aromatic heterocycles. The molecular formula is C13H19ClN2O. The number of nitrogens with two attached hydrogens (primary N) is 1. The largest absolute Gasteiger partial charge is 0.325 e. The highest BCUT2D eigenvalue weighted by atomic mass is 35.5. The number of amides is 1. The quantitative estimate of drug-likeness (QED) is 0.848. The summed E-state index contributed by atoms with van der Waals surface area (Å²) in [5, 5.41) is 3.41. The summed E-state index contributed by atoms with van der Waals surface area (Å²) in [6.45, 7) is 3.99. The molecule has 1 atom stereocenters. The van der Waals surface area contributed by atoms with E-state index in [2.05, 4.69) is 12.2 Å². The summed E-state index contributed by atoms with van der Waals surface area (Å²) in [5.41, 5.74) is 7.45. The average Bonchev–Trinajstić information content (AvgIpc) is 2.30. The molecule has 0 radical (unpaired) electrons. The Labute approximate surface area is 107 Å². The Balaban J connectivity index is 2.58. The number of rotatable bonds is 5. The molecule has 0 heterocycles. The Morgan fingerprint density at radius 1 is 1.53 bits per heavy atom. The molecule has 4 heteroatoms. The van der Waals surface area contributed by atoms with Crippen molar-refractivity contribution >= 4 is 23.2 Å². The van der Waals surface area contributed by atoms with Gasteiger partial charge >= 0.3 is 0 Å². The van der Waals surface area contributed by atoms with Gasteiger partial charge in [-0.2, -0.15) is 0 Å². The molecule has 0 unspecified atom stereocenters. The normalized spacial score (nSPS) is 12.2. The van der Waals surface area contributed by atoms with Gasteiger partial charge in [0.25, 0.3) is 0 Å². The third kappa shape index (κ3) is 4.36. The van der Waals surface area contributed by atoms with Gasteiger partial charge in [-0.1, -0.05) is 37.4 Å². The second kappa shape index (κ2) is 6.62. The first-order valence-electron chi connectivity index (χ1n) is 5.87. The van der Waals surface area contributed by atoms with Gasteiger partial charge in [-0.25, -0.2) is 0 Å². The summed E-state index contributed by atoms with van der Waals surface area (Å²) in [4.78, 5) is 11.7. The summed E-state index contributed by atoms with van der Waals surface area (Å²) in [6.07, 6.45) is 2.71. The fourth-order valence-electron chi connectivity index (χ4n) is 1.46. The fourth-order valence-corrected chi connectivity index (χ4v) is 1.64. The molecule has 1 rings (SSSR count). The van der Waals surface area contributed by atoms with E-state index in [0.29, 0.717) is 17.1 Å². The zero-order valence-electron chi connectivity index (χ0n) is 10.3. The number of anilines is 1. The van der Waals surface area contributed by atoms with Crippen LogP contribution in [0.5, 0.6) is 0 Å². The number of carbonyl (C=O) groups is 1. The minimum Gasteiger partial charge on any atom is -0.325 e. The van der Waals surface area contributed by atoms with Crippen LogP contribution in [0.15, 0.2) is 18.2 Å². The van der Waals surface area contributed by atoms with Gasteiger partial charge in [-0.3, -0.25) is 4.79 Å². The van der Waals surface area contributed by atoms with Crippen LogP contribution in [0.1, 0.15) is 31.7 Å². The lowest BCUT2D eigenvalue weighted by Crippen LogP contribution is -2.35. The molecular weight excluding hydrogens is 236 g/mol. The maximum absolute atomic E-state index is 11.7. The summed E-state index contributed by atoms with van der Waals surface area (Å²) in [7, 11) is 0. The molecule has 0 bridgehead atoms. The standard InChI is InChI=1S/C13H19ClN2O/c1-3-4-5-12(15)13(17)16-10-7-6-9(2)11(14)8-10/h6-8,12H,3-5,15H2,1-2H3,(H,16,17)/t12-/m0/s1. The van der Waals surface area contributed by atoms with Crippen molar-refractivity contribution in [2.45, 2.75) is 39.2 Å². The van der Waals surface area contributed by atoms with Crippen LogP contribution in [-0.2, 0) is 4.79 Å². The van der Waals surface area contributed by atoms with Gasteiger partial charge in [0.15, 0.2) is 0 Å². The zero-order chi connectivity index (χ0) is 12.8. The maximum atomic E-state index is 11.7. The summed E-state index contributed by atoms with van der Waals surface area (Å²) >= 11 is 5.98. The van der Waals surface area contributed by atoms with Crippen LogP contribution in [0.3, 0.4) is 0 Å². The van der Waals surface area contributed by atoms with E-state index in [4.69, 9.17) is 17.3 Å². The highest BCUT2D eigenvalue weighted by Crippen LogP contribution is 2.20. The Bertz CT molecular complexity index is 393. The van der Waals surface area contributed by atoms with E-state index in [0.717, 1.165) is 18.4 Å². The van der Waals surface area contributed by atoms with Crippen LogP contribution in [0, 0.1) is 6.92 Å². The van der Waals surface area contributed by atoms with Gasteiger partial charge in [0, 0.05) is 10.7 Å². The molecule has 3 nitrogen and oxygen atoms in total. The fraction of sp³-hybridized carbons (Fsp3) is 0.462. The highest BCUT2D eigenvalue weighted by molar-refractivity contribution is 6.31. The van der Waals surface area contributed by atoms with Crippen LogP contribution in [0.4, 0.5) is 5.69 Å². The van der Waals surface area contributed by atoms with E-state index in [1.54, 1.807) is 6.07 Å². The van der Waals surface area contributed by atoms with Crippen molar-refractivity contribution < 1.29 is 4.79 Å². The molecule has 1 amide bonds. The second-order valence-electron chi connectivity index (χ2n) is 4.20. The van der Waals surface area contributed by atoms with Gasteiger partial charge in [-0.05, 0) is 31.0 Å². The molecule has 17 heavy (non-hydrogen) atoms.